The molecule has 0 spiro atoms. The Morgan fingerprint density at radius 2 is 2.14 bits per heavy atom. The van der Waals surface area contributed by atoms with E-state index in [1.165, 1.54) is 6.07 Å². The van der Waals surface area contributed by atoms with Crippen LogP contribution >= 0.6 is 0 Å². The molecule has 0 aliphatic carbocycles. The number of ether oxygens (including phenoxy) is 1. The van der Waals surface area contributed by atoms with Gasteiger partial charge in [-0.25, -0.2) is 0 Å². The van der Waals surface area contributed by atoms with Crippen LogP contribution in [-0.4, -0.2) is 30.5 Å². The molecule has 1 fully saturated rings. The Labute approximate surface area is 123 Å². The molecule has 0 aromatic heterocycles. The van der Waals surface area contributed by atoms with Crippen molar-refractivity contribution in [2.24, 2.45) is 5.92 Å². The Morgan fingerprint density at radius 1 is 1.43 bits per heavy atom. The van der Waals surface area contributed by atoms with Crippen LogP contribution in [0.25, 0.3) is 0 Å². The lowest BCUT2D eigenvalue weighted by Crippen LogP contribution is -2.34. The van der Waals surface area contributed by atoms with E-state index in [1.807, 2.05) is 0 Å². The summed E-state index contributed by atoms with van der Waals surface area (Å²) in [7, 11) is 0. The highest BCUT2D eigenvalue weighted by molar-refractivity contribution is 5.81. The predicted molar refractivity (Wildman–Crippen MR) is 75.0 cm³/mol. The van der Waals surface area contributed by atoms with Gasteiger partial charge in [0.25, 0.3) is 0 Å². The van der Waals surface area contributed by atoms with Gasteiger partial charge in [0, 0.05) is 12.1 Å². The summed E-state index contributed by atoms with van der Waals surface area (Å²) < 4.78 is 29.6. The van der Waals surface area contributed by atoms with E-state index >= 15 is 0 Å². The summed E-state index contributed by atoms with van der Waals surface area (Å²) >= 11 is 0. The van der Waals surface area contributed by atoms with Gasteiger partial charge in [0.2, 0.25) is 5.91 Å². The van der Waals surface area contributed by atoms with Crippen molar-refractivity contribution in [1.29, 1.82) is 0 Å². The van der Waals surface area contributed by atoms with Crippen LogP contribution in [0.15, 0.2) is 24.3 Å². The molecule has 1 aromatic carbocycles. The van der Waals surface area contributed by atoms with Crippen molar-refractivity contribution in [3.8, 4) is 5.75 Å². The maximum Gasteiger partial charge on any atom is 0.387 e. The van der Waals surface area contributed by atoms with Crippen LogP contribution in [0.4, 0.5) is 8.78 Å². The van der Waals surface area contributed by atoms with Crippen molar-refractivity contribution in [3.63, 3.8) is 0 Å². The molecule has 2 atom stereocenters. The Balaban J connectivity index is 2.25. The number of nitrogens with zero attached hydrogens (tertiary/aromatic N) is 1. The van der Waals surface area contributed by atoms with Crippen LogP contribution in [0.1, 0.15) is 32.0 Å². The van der Waals surface area contributed by atoms with Gasteiger partial charge in [-0.15, -0.1) is 0 Å². The number of carbonyl (C=O) groups is 1. The first-order chi connectivity index (χ1) is 10.0. The third-order valence-corrected chi connectivity index (χ3v) is 3.71. The van der Waals surface area contributed by atoms with Crippen molar-refractivity contribution in [3.05, 3.63) is 29.8 Å². The van der Waals surface area contributed by atoms with Gasteiger partial charge in [-0.2, -0.15) is 8.78 Å². The van der Waals surface area contributed by atoms with Crippen LogP contribution in [0.3, 0.4) is 0 Å². The minimum Gasteiger partial charge on any atom is -0.434 e. The van der Waals surface area contributed by atoms with Gasteiger partial charge in [-0.05, 0) is 12.0 Å². The zero-order valence-corrected chi connectivity index (χ0v) is 12.2. The van der Waals surface area contributed by atoms with Gasteiger partial charge in [0.05, 0.1) is 6.54 Å². The third kappa shape index (κ3) is 3.69. The molecule has 1 N–H and O–H groups in total. The summed E-state index contributed by atoms with van der Waals surface area (Å²) in [5, 5.41) is 3.07. The molecule has 2 unspecified atom stereocenters. The SMILES string of the molecule is CCC(C)CN1C(=O)CNC1c1ccccc1OC(F)F. The van der Waals surface area contributed by atoms with E-state index in [4.69, 9.17) is 0 Å². The standard InChI is InChI=1S/C15H20F2N2O2/c1-3-10(2)9-19-13(20)8-18-14(19)11-6-4-5-7-12(11)21-15(16)17/h4-7,10,14-15,18H,3,8-9H2,1-2H3. The van der Waals surface area contributed by atoms with Gasteiger partial charge in [-0.1, -0.05) is 38.5 Å². The van der Waals surface area contributed by atoms with Crippen LogP contribution < -0.4 is 10.1 Å². The molecule has 0 radical (unpaired) electrons. The highest BCUT2D eigenvalue weighted by atomic mass is 19.3. The molecule has 1 saturated heterocycles. The molecule has 2 rings (SSSR count). The number of carbonyl (C=O) groups excluding carboxylic acids is 1. The Kier molecular flexibility index (Phi) is 5.12. The maximum absolute atomic E-state index is 12.5. The van der Waals surface area contributed by atoms with Crippen molar-refractivity contribution < 1.29 is 18.3 Å². The lowest BCUT2D eigenvalue weighted by Gasteiger charge is -2.28. The fourth-order valence-corrected chi connectivity index (χ4v) is 2.40. The number of nitrogens with one attached hydrogen (secondary N) is 1. The molecular weight excluding hydrogens is 278 g/mol. The van der Waals surface area contributed by atoms with Gasteiger partial charge in [0.15, 0.2) is 0 Å². The second kappa shape index (κ2) is 6.85. The Morgan fingerprint density at radius 3 is 2.81 bits per heavy atom. The number of para-hydroxylation sites is 1. The summed E-state index contributed by atoms with van der Waals surface area (Å²) in [6, 6.07) is 6.58. The second-order valence-electron chi connectivity index (χ2n) is 5.26. The van der Waals surface area contributed by atoms with E-state index in [0.29, 0.717) is 18.0 Å². The van der Waals surface area contributed by atoms with E-state index in [0.717, 1.165) is 6.42 Å². The van der Waals surface area contributed by atoms with Crippen LogP contribution in [0.2, 0.25) is 0 Å². The molecule has 1 aromatic rings. The fourth-order valence-electron chi connectivity index (χ4n) is 2.40. The highest BCUT2D eigenvalue weighted by Crippen LogP contribution is 2.31. The molecule has 1 heterocycles. The van der Waals surface area contributed by atoms with Crippen LogP contribution in [-0.2, 0) is 4.79 Å². The summed E-state index contributed by atoms with van der Waals surface area (Å²) in [5.74, 6) is 0.431. The predicted octanol–water partition coefficient (Wildman–Crippen LogP) is 2.76. The third-order valence-electron chi connectivity index (χ3n) is 3.71. The summed E-state index contributed by atoms with van der Waals surface area (Å²) in [4.78, 5) is 13.7. The average Bonchev–Trinajstić information content (AvgIpc) is 2.80. The smallest absolute Gasteiger partial charge is 0.387 e. The average molecular weight is 298 g/mol. The fraction of sp³-hybridized carbons (Fsp3) is 0.533. The normalized spacial score (nSPS) is 20.1. The highest BCUT2D eigenvalue weighted by Gasteiger charge is 2.34. The monoisotopic (exact) mass is 298 g/mol. The lowest BCUT2D eigenvalue weighted by molar-refractivity contribution is -0.128. The van der Waals surface area contributed by atoms with Gasteiger partial charge < -0.3 is 9.64 Å². The minimum absolute atomic E-state index is 0.0212. The first kappa shape index (κ1) is 15.7. The molecular formula is C15H20F2N2O2. The number of alkyl halides is 2. The number of halogens is 2. The van der Waals surface area contributed by atoms with Crippen molar-refractivity contribution >= 4 is 5.91 Å². The largest absolute Gasteiger partial charge is 0.434 e. The number of rotatable bonds is 6. The molecule has 116 valence electrons. The molecule has 0 saturated carbocycles. The summed E-state index contributed by atoms with van der Waals surface area (Å²) in [6.45, 7) is 2.04. The molecule has 6 heteroatoms. The number of benzene rings is 1. The molecule has 1 aliphatic rings. The molecule has 21 heavy (non-hydrogen) atoms. The first-order valence-electron chi connectivity index (χ1n) is 7.09. The second-order valence-corrected chi connectivity index (χ2v) is 5.26. The Bertz CT molecular complexity index is 496. The quantitative estimate of drug-likeness (QED) is 0.878. The first-order valence-corrected chi connectivity index (χ1v) is 7.09. The number of hydrogen-bond acceptors (Lipinski definition) is 3. The van der Waals surface area contributed by atoms with E-state index < -0.39 is 12.8 Å². The maximum atomic E-state index is 12.5. The number of hydrogen-bond donors (Lipinski definition) is 1. The zero-order chi connectivity index (χ0) is 15.4. The van der Waals surface area contributed by atoms with E-state index in [9.17, 15) is 13.6 Å². The van der Waals surface area contributed by atoms with Gasteiger partial charge in [-0.3, -0.25) is 10.1 Å². The minimum atomic E-state index is -2.88. The van der Waals surface area contributed by atoms with Gasteiger partial charge in [0.1, 0.15) is 11.9 Å². The van der Waals surface area contributed by atoms with Crippen molar-refractivity contribution in [2.45, 2.75) is 33.0 Å². The zero-order valence-electron chi connectivity index (χ0n) is 12.2. The lowest BCUT2D eigenvalue weighted by atomic mass is 10.1. The summed E-state index contributed by atoms with van der Waals surface area (Å²) in [5.41, 5.74) is 0.562. The van der Waals surface area contributed by atoms with E-state index in [2.05, 4.69) is 23.9 Å². The van der Waals surface area contributed by atoms with E-state index in [1.54, 1.807) is 23.1 Å². The van der Waals surface area contributed by atoms with Crippen molar-refractivity contribution in [2.75, 3.05) is 13.1 Å². The Hall–Kier alpha value is -1.69. The molecule has 1 amide bonds. The van der Waals surface area contributed by atoms with E-state index in [-0.39, 0.29) is 18.2 Å². The number of amides is 1. The van der Waals surface area contributed by atoms with Crippen molar-refractivity contribution in [1.82, 2.24) is 10.2 Å². The van der Waals surface area contributed by atoms with Crippen LogP contribution in [0.5, 0.6) is 5.75 Å². The molecule has 4 nitrogen and oxygen atoms in total. The topological polar surface area (TPSA) is 41.6 Å². The van der Waals surface area contributed by atoms with Gasteiger partial charge >= 0.3 is 6.61 Å². The molecule has 0 bridgehead atoms. The summed E-state index contributed by atoms with van der Waals surface area (Å²) in [6.07, 6.45) is 0.535. The molecule has 1 aliphatic heterocycles. The van der Waals surface area contributed by atoms with Crippen LogP contribution in [0, 0.1) is 5.92 Å².